The third-order valence-electron chi connectivity index (χ3n) is 5.05. The highest BCUT2D eigenvalue weighted by Crippen LogP contribution is 2.31. The number of hydrogen-bond donors (Lipinski definition) is 2. The lowest BCUT2D eigenvalue weighted by Gasteiger charge is -2.24. The van der Waals surface area contributed by atoms with Crippen molar-refractivity contribution in [3.63, 3.8) is 0 Å². The van der Waals surface area contributed by atoms with E-state index < -0.39 is 0 Å². The largest absolute Gasteiger partial charge is 0.493 e. The number of anilines is 1. The molecule has 1 aliphatic heterocycles. The number of rotatable bonds is 5. The molecule has 7 nitrogen and oxygen atoms in total. The second-order valence-electron chi connectivity index (χ2n) is 6.86. The normalized spacial score (nSPS) is 14.8. The molecule has 3 heterocycles. The molecule has 2 N–H and O–H groups in total. The minimum absolute atomic E-state index is 0.122. The van der Waals surface area contributed by atoms with Gasteiger partial charge in [-0.05, 0) is 56.3 Å². The summed E-state index contributed by atoms with van der Waals surface area (Å²) >= 11 is 0. The lowest BCUT2D eigenvalue weighted by Crippen LogP contribution is -2.35. The van der Waals surface area contributed by atoms with Crippen LogP contribution in [0.3, 0.4) is 0 Å². The maximum absolute atomic E-state index is 12.7. The van der Waals surface area contributed by atoms with E-state index in [0.717, 1.165) is 37.2 Å². The first-order valence-electron chi connectivity index (χ1n) is 9.41. The molecule has 1 saturated heterocycles. The molecule has 146 valence electrons. The number of nitrogens with zero attached hydrogens (tertiary/aromatic N) is 2. The number of benzene rings is 1. The van der Waals surface area contributed by atoms with Crippen molar-refractivity contribution in [1.29, 1.82) is 0 Å². The summed E-state index contributed by atoms with van der Waals surface area (Å²) in [6.07, 6.45) is 3.97. The third-order valence-corrected chi connectivity index (χ3v) is 5.05. The van der Waals surface area contributed by atoms with Crippen LogP contribution in [0.1, 0.15) is 12.8 Å². The van der Waals surface area contributed by atoms with Crippen LogP contribution in [-0.4, -0.2) is 42.7 Å². The number of piperidine rings is 1. The van der Waals surface area contributed by atoms with Crippen LogP contribution in [0.2, 0.25) is 0 Å². The van der Waals surface area contributed by atoms with Crippen molar-refractivity contribution in [2.45, 2.75) is 18.9 Å². The Hall–Kier alpha value is -3.06. The predicted molar refractivity (Wildman–Crippen MR) is 110 cm³/mol. The topological polar surface area (TPSA) is 76.9 Å². The number of nitrogens with one attached hydrogen (secondary N) is 2. The molecule has 3 aromatic rings. The smallest absolute Gasteiger partial charge is 0.258 e. The van der Waals surface area contributed by atoms with E-state index >= 15 is 0 Å². The standard InChI is InChI=1S/C21H24N4O3/c1-27-18-5-3-14(11-19(18)28-2)17-12-21(26)25-13-16(4-6-20(25)24-17)23-15-7-9-22-10-8-15/h3-6,11-13,15,22-23H,7-10H2,1-2H3. The van der Waals surface area contributed by atoms with Crippen LogP contribution in [0, 0.1) is 0 Å². The summed E-state index contributed by atoms with van der Waals surface area (Å²) in [5.74, 6) is 1.24. The summed E-state index contributed by atoms with van der Waals surface area (Å²) in [5.41, 5.74) is 2.82. The second-order valence-corrected chi connectivity index (χ2v) is 6.86. The zero-order valence-electron chi connectivity index (χ0n) is 16.1. The summed E-state index contributed by atoms with van der Waals surface area (Å²) in [6, 6.07) is 11.3. The molecular formula is C21H24N4O3. The highest BCUT2D eigenvalue weighted by atomic mass is 16.5. The zero-order chi connectivity index (χ0) is 19.5. The van der Waals surface area contributed by atoms with Gasteiger partial charge in [-0.15, -0.1) is 0 Å². The Kier molecular flexibility index (Phi) is 5.16. The van der Waals surface area contributed by atoms with Crippen molar-refractivity contribution >= 4 is 11.3 Å². The van der Waals surface area contributed by atoms with Crippen LogP contribution in [-0.2, 0) is 0 Å². The molecule has 0 radical (unpaired) electrons. The van der Waals surface area contributed by atoms with Gasteiger partial charge in [0.1, 0.15) is 5.65 Å². The molecule has 0 spiro atoms. The van der Waals surface area contributed by atoms with E-state index in [1.807, 2.05) is 36.5 Å². The highest BCUT2D eigenvalue weighted by Gasteiger charge is 2.14. The maximum atomic E-state index is 12.7. The molecule has 2 aromatic heterocycles. The lowest BCUT2D eigenvalue weighted by atomic mass is 10.1. The average Bonchev–Trinajstić information content (AvgIpc) is 2.74. The average molecular weight is 380 g/mol. The number of ether oxygens (including phenoxy) is 2. The zero-order valence-corrected chi connectivity index (χ0v) is 16.1. The maximum Gasteiger partial charge on any atom is 0.258 e. The van der Waals surface area contributed by atoms with Gasteiger partial charge in [0.25, 0.3) is 5.56 Å². The summed E-state index contributed by atoms with van der Waals surface area (Å²) < 4.78 is 12.2. The molecule has 1 aromatic carbocycles. The van der Waals surface area contributed by atoms with Crippen LogP contribution < -0.4 is 25.7 Å². The van der Waals surface area contributed by atoms with E-state index in [1.165, 1.54) is 0 Å². The number of fused-ring (bicyclic) bond motifs is 1. The molecule has 0 unspecified atom stereocenters. The van der Waals surface area contributed by atoms with Gasteiger partial charge in [-0.2, -0.15) is 0 Å². The highest BCUT2D eigenvalue weighted by molar-refractivity contribution is 5.66. The van der Waals surface area contributed by atoms with Gasteiger partial charge in [-0.25, -0.2) is 4.98 Å². The van der Waals surface area contributed by atoms with Gasteiger partial charge in [-0.1, -0.05) is 0 Å². The van der Waals surface area contributed by atoms with Crippen molar-refractivity contribution in [2.75, 3.05) is 32.6 Å². The van der Waals surface area contributed by atoms with E-state index in [2.05, 4.69) is 15.6 Å². The molecule has 0 amide bonds. The fourth-order valence-corrected chi connectivity index (χ4v) is 3.53. The molecule has 0 saturated carbocycles. The third kappa shape index (κ3) is 3.66. The van der Waals surface area contributed by atoms with Crippen LogP contribution in [0.25, 0.3) is 16.9 Å². The molecule has 1 fully saturated rings. The summed E-state index contributed by atoms with van der Waals surface area (Å²) in [4.78, 5) is 17.4. The van der Waals surface area contributed by atoms with Crippen LogP contribution >= 0.6 is 0 Å². The first-order chi connectivity index (χ1) is 13.7. The predicted octanol–water partition coefficient (Wildman–Crippen LogP) is 2.54. The van der Waals surface area contributed by atoms with Gasteiger partial charge in [0.2, 0.25) is 0 Å². The Balaban J connectivity index is 1.67. The molecule has 0 aliphatic carbocycles. The number of aromatic nitrogens is 2. The van der Waals surface area contributed by atoms with Gasteiger partial charge >= 0.3 is 0 Å². The Morgan fingerprint density at radius 1 is 1.07 bits per heavy atom. The number of pyridine rings is 1. The lowest BCUT2D eigenvalue weighted by molar-refractivity contribution is 0.355. The van der Waals surface area contributed by atoms with Crippen LogP contribution in [0.4, 0.5) is 5.69 Å². The number of methoxy groups -OCH3 is 2. The van der Waals surface area contributed by atoms with Crippen LogP contribution in [0.5, 0.6) is 11.5 Å². The Morgan fingerprint density at radius 2 is 1.86 bits per heavy atom. The molecule has 7 heteroatoms. The summed E-state index contributed by atoms with van der Waals surface area (Å²) in [7, 11) is 3.18. The quantitative estimate of drug-likeness (QED) is 0.708. The van der Waals surface area contributed by atoms with Gasteiger partial charge in [0, 0.05) is 23.9 Å². The SMILES string of the molecule is COc1ccc(-c2cc(=O)n3cc(NC4CCNCC4)ccc3n2)cc1OC. The Labute approximate surface area is 163 Å². The van der Waals surface area contributed by atoms with Gasteiger partial charge < -0.3 is 20.1 Å². The summed E-state index contributed by atoms with van der Waals surface area (Å²) in [5, 5.41) is 6.87. The van der Waals surface area contributed by atoms with Gasteiger partial charge in [0.15, 0.2) is 11.5 Å². The van der Waals surface area contributed by atoms with E-state index in [4.69, 9.17) is 9.47 Å². The molecule has 28 heavy (non-hydrogen) atoms. The van der Waals surface area contributed by atoms with Gasteiger partial charge in [-0.3, -0.25) is 9.20 Å². The first-order valence-corrected chi connectivity index (χ1v) is 9.41. The van der Waals surface area contributed by atoms with E-state index in [1.54, 1.807) is 24.7 Å². The fourth-order valence-electron chi connectivity index (χ4n) is 3.53. The van der Waals surface area contributed by atoms with E-state index in [9.17, 15) is 4.79 Å². The minimum Gasteiger partial charge on any atom is -0.493 e. The monoisotopic (exact) mass is 380 g/mol. The van der Waals surface area contributed by atoms with Crippen molar-refractivity contribution in [2.24, 2.45) is 0 Å². The molecule has 0 bridgehead atoms. The fraction of sp³-hybridized carbons (Fsp3) is 0.333. The Morgan fingerprint density at radius 3 is 2.61 bits per heavy atom. The molecule has 4 rings (SSSR count). The first kappa shape index (κ1) is 18.3. The number of hydrogen-bond acceptors (Lipinski definition) is 6. The molecule has 0 atom stereocenters. The summed E-state index contributed by atoms with van der Waals surface area (Å²) in [6.45, 7) is 2.03. The van der Waals surface area contributed by atoms with Gasteiger partial charge in [0.05, 0.1) is 25.6 Å². The molecule has 1 aliphatic rings. The Bertz CT molecular complexity index is 1040. The van der Waals surface area contributed by atoms with E-state index in [-0.39, 0.29) is 5.56 Å². The van der Waals surface area contributed by atoms with Crippen molar-refractivity contribution in [3.8, 4) is 22.8 Å². The minimum atomic E-state index is -0.122. The van der Waals surface area contributed by atoms with Crippen molar-refractivity contribution in [1.82, 2.24) is 14.7 Å². The molecular weight excluding hydrogens is 356 g/mol. The van der Waals surface area contributed by atoms with Crippen LogP contribution in [0.15, 0.2) is 47.4 Å². The van der Waals surface area contributed by atoms with Crippen molar-refractivity contribution < 1.29 is 9.47 Å². The van der Waals surface area contributed by atoms with E-state index in [0.29, 0.717) is 28.9 Å². The van der Waals surface area contributed by atoms with Crippen molar-refractivity contribution in [3.05, 3.63) is 52.9 Å². The second kappa shape index (κ2) is 7.90.